The number of unbranched alkanes of at least 4 members (excludes halogenated alkanes) is 1. The van der Waals surface area contributed by atoms with Crippen molar-refractivity contribution in [1.29, 1.82) is 0 Å². The molecular formula is C35H47N3O8S. The summed E-state index contributed by atoms with van der Waals surface area (Å²) >= 11 is 1.56. The topological polar surface area (TPSA) is 147 Å². The van der Waals surface area contributed by atoms with Crippen molar-refractivity contribution in [2.45, 2.75) is 84.8 Å². The summed E-state index contributed by atoms with van der Waals surface area (Å²) in [6, 6.07) is 5.44. The molecule has 256 valence electrons. The third-order valence-electron chi connectivity index (χ3n) is 8.28. The molecule has 0 aliphatic carbocycles. The molecule has 1 aromatic carbocycles. The van der Waals surface area contributed by atoms with Crippen molar-refractivity contribution in [3.8, 4) is 0 Å². The van der Waals surface area contributed by atoms with E-state index in [1.165, 1.54) is 19.1 Å². The first kappa shape index (κ1) is 37.7. The molecule has 0 saturated carbocycles. The fraction of sp³-hybridized carbons (Fsp3) is 0.571. The molecule has 0 aromatic heterocycles. The van der Waals surface area contributed by atoms with E-state index in [9.17, 15) is 33.6 Å². The van der Waals surface area contributed by atoms with Gasteiger partial charge in [0.25, 0.3) is 11.8 Å². The number of hydrogen-bond acceptors (Lipinski definition) is 9. The highest BCUT2D eigenvalue weighted by Gasteiger charge is 2.30. The van der Waals surface area contributed by atoms with Crippen LogP contribution in [0.15, 0.2) is 30.4 Å². The number of amides is 4. The summed E-state index contributed by atoms with van der Waals surface area (Å²) in [6.07, 6.45) is 6.40. The van der Waals surface area contributed by atoms with Gasteiger partial charge in [0.15, 0.2) is 11.6 Å². The fourth-order valence-electron chi connectivity index (χ4n) is 5.71. The molecule has 4 amide bonds. The first-order valence-electron chi connectivity index (χ1n) is 16.1. The largest absolute Gasteiger partial charge is 0.444 e. The Morgan fingerprint density at radius 2 is 1.68 bits per heavy atom. The first-order chi connectivity index (χ1) is 22.2. The molecule has 2 aliphatic rings. The van der Waals surface area contributed by atoms with Crippen LogP contribution in [0.1, 0.15) is 87.7 Å². The molecule has 3 rings (SSSR count). The average Bonchev–Trinajstić information content (AvgIpc) is 3.33. The van der Waals surface area contributed by atoms with Crippen molar-refractivity contribution in [2.75, 3.05) is 31.6 Å². The Balaban J connectivity index is 1.54. The van der Waals surface area contributed by atoms with Crippen LogP contribution < -0.4 is 5.32 Å². The number of carbonyl (C=O) groups excluding carboxylic acids is 7. The van der Waals surface area contributed by atoms with Gasteiger partial charge in [-0.2, -0.15) is 11.8 Å². The standard InChI is InChI=1S/C35H47N3O8S/c1-23(39)24(9-6-7-16-38-31(42)12-13-32(38)43)19-27(40)21-36-33(44)25(15-18-47-5)20-30(41)29-11-8-10-26-22-37(17-14-28(26)29)34(45)46-35(2,3)4/h8,10-13,24-25H,6-7,9,14-22H2,1-5H3,(H,36,44)/t24-,25-/m1/s1. The van der Waals surface area contributed by atoms with Gasteiger partial charge in [-0.15, -0.1) is 0 Å². The van der Waals surface area contributed by atoms with Crippen LogP contribution in [0.25, 0.3) is 0 Å². The smallest absolute Gasteiger partial charge is 0.410 e. The second kappa shape index (κ2) is 17.4. The van der Waals surface area contributed by atoms with E-state index < -0.39 is 23.5 Å². The zero-order valence-corrected chi connectivity index (χ0v) is 28.9. The number of ether oxygens (including phenoxy) is 1. The van der Waals surface area contributed by atoms with Gasteiger partial charge in [-0.05, 0) is 76.5 Å². The molecular weight excluding hydrogens is 622 g/mol. The molecule has 0 radical (unpaired) electrons. The summed E-state index contributed by atoms with van der Waals surface area (Å²) < 4.78 is 5.51. The lowest BCUT2D eigenvalue weighted by molar-refractivity contribution is -0.137. The zero-order chi connectivity index (χ0) is 34.7. The number of rotatable bonds is 17. The summed E-state index contributed by atoms with van der Waals surface area (Å²) in [5.41, 5.74) is 1.68. The summed E-state index contributed by atoms with van der Waals surface area (Å²) in [6.45, 7) is 7.64. The van der Waals surface area contributed by atoms with Crippen LogP contribution in [-0.2, 0) is 41.7 Å². The van der Waals surface area contributed by atoms with E-state index in [0.29, 0.717) is 56.5 Å². The minimum atomic E-state index is -0.630. The van der Waals surface area contributed by atoms with Gasteiger partial charge >= 0.3 is 6.09 Å². The van der Waals surface area contributed by atoms with Gasteiger partial charge in [0.2, 0.25) is 5.91 Å². The van der Waals surface area contributed by atoms with Crippen LogP contribution in [-0.4, -0.2) is 88.2 Å². The molecule has 47 heavy (non-hydrogen) atoms. The maximum Gasteiger partial charge on any atom is 0.410 e. The maximum absolute atomic E-state index is 13.6. The predicted octanol–water partition coefficient (Wildman–Crippen LogP) is 4.30. The number of fused-ring (bicyclic) bond motifs is 1. The molecule has 0 unspecified atom stereocenters. The lowest BCUT2D eigenvalue weighted by atomic mass is 9.88. The van der Waals surface area contributed by atoms with Crippen LogP contribution >= 0.6 is 11.8 Å². The number of nitrogens with zero attached hydrogens (tertiary/aromatic N) is 2. The average molecular weight is 670 g/mol. The second-order valence-corrected chi connectivity index (χ2v) is 14.1. The molecule has 0 saturated heterocycles. The molecule has 0 fully saturated rings. The highest BCUT2D eigenvalue weighted by Crippen LogP contribution is 2.27. The molecule has 1 aromatic rings. The Morgan fingerprint density at radius 1 is 0.979 bits per heavy atom. The minimum Gasteiger partial charge on any atom is -0.444 e. The van der Waals surface area contributed by atoms with Crippen molar-refractivity contribution in [3.63, 3.8) is 0 Å². The Labute approximate surface area is 281 Å². The SMILES string of the molecule is CSCC[C@H](CC(=O)c1cccc2c1CCN(C(=O)OC(C)(C)C)C2)C(=O)NCC(=O)C[C@@H](CCCCN1C(=O)C=CC1=O)C(C)=O. The summed E-state index contributed by atoms with van der Waals surface area (Å²) in [4.78, 5) is 90.6. The van der Waals surface area contributed by atoms with Gasteiger partial charge in [0, 0.05) is 62.0 Å². The van der Waals surface area contributed by atoms with E-state index in [1.54, 1.807) is 28.8 Å². The lowest BCUT2D eigenvalue weighted by Crippen LogP contribution is -2.40. The predicted molar refractivity (Wildman–Crippen MR) is 179 cm³/mol. The van der Waals surface area contributed by atoms with Crippen LogP contribution in [0.3, 0.4) is 0 Å². The molecule has 11 nitrogen and oxygen atoms in total. The van der Waals surface area contributed by atoms with E-state index >= 15 is 0 Å². The van der Waals surface area contributed by atoms with Gasteiger partial charge in [-0.1, -0.05) is 24.6 Å². The molecule has 2 aliphatic heterocycles. The number of thioether (sulfide) groups is 1. The van der Waals surface area contributed by atoms with Crippen molar-refractivity contribution in [2.24, 2.45) is 11.8 Å². The van der Waals surface area contributed by atoms with E-state index in [2.05, 4.69) is 5.32 Å². The minimum absolute atomic E-state index is 0.0135. The van der Waals surface area contributed by atoms with Crippen LogP contribution in [0.5, 0.6) is 0 Å². The monoisotopic (exact) mass is 669 g/mol. The molecule has 0 spiro atoms. The number of nitrogens with one attached hydrogen (secondary N) is 1. The van der Waals surface area contributed by atoms with Gasteiger partial charge in [0.05, 0.1) is 6.54 Å². The Kier molecular flexibility index (Phi) is 13.9. The zero-order valence-electron chi connectivity index (χ0n) is 28.1. The Hall–Kier alpha value is -3.80. The molecule has 2 atom stereocenters. The third-order valence-corrected chi connectivity index (χ3v) is 8.93. The number of Topliss-reactive ketones (excluding diaryl/α,β-unsaturated/α-hetero) is 3. The second-order valence-electron chi connectivity index (χ2n) is 13.1. The molecule has 12 heteroatoms. The van der Waals surface area contributed by atoms with Crippen LogP contribution in [0, 0.1) is 11.8 Å². The quantitative estimate of drug-likeness (QED) is 0.146. The van der Waals surface area contributed by atoms with Crippen LogP contribution in [0.4, 0.5) is 4.79 Å². The third kappa shape index (κ3) is 11.4. The fourth-order valence-corrected chi connectivity index (χ4v) is 6.23. The number of carbonyl (C=O) groups is 7. The highest BCUT2D eigenvalue weighted by atomic mass is 32.2. The van der Waals surface area contributed by atoms with E-state index in [-0.39, 0.29) is 61.0 Å². The van der Waals surface area contributed by atoms with Gasteiger partial charge < -0.3 is 15.0 Å². The number of hydrogen-bond donors (Lipinski definition) is 1. The van der Waals surface area contributed by atoms with Gasteiger partial charge in [-0.25, -0.2) is 4.79 Å². The maximum atomic E-state index is 13.6. The number of ketones is 3. The summed E-state index contributed by atoms with van der Waals surface area (Å²) in [5.74, 6) is -2.15. The van der Waals surface area contributed by atoms with Crippen molar-refractivity contribution >= 4 is 52.9 Å². The first-order valence-corrected chi connectivity index (χ1v) is 17.5. The molecule has 2 heterocycles. The lowest BCUT2D eigenvalue weighted by Gasteiger charge is -2.32. The number of benzene rings is 1. The Morgan fingerprint density at radius 3 is 2.32 bits per heavy atom. The van der Waals surface area contributed by atoms with Crippen molar-refractivity contribution in [1.82, 2.24) is 15.1 Å². The highest BCUT2D eigenvalue weighted by molar-refractivity contribution is 7.98. The van der Waals surface area contributed by atoms with E-state index in [4.69, 9.17) is 4.74 Å². The summed E-state index contributed by atoms with van der Waals surface area (Å²) in [5, 5.41) is 2.70. The van der Waals surface area contributed by atoms with Crippen LogP contribution in [0.2, 0.25) is 0 Å². The summed E-state index contributed by atoms with van der Waals surface area (Å²) in [7, 11) is 0. The van der Waals surface area contributed by atoms with Gasteiger partial charge in [0.1, 0.15) is 11.4 Å². The van der Waals surface area contributed by atoms with Crippen molar-refractivity contribution in [3.05, 3.63) is 47.0 Å². The van der Waals surface area contributed by atoms with Crippen molar-refractivity contribution < 1.29 is 38.3 Å². The normalized spacial score (nSPS) is 15.7. The molecule has 1 N–H and O–H groups in total. The van der Waals surface area contributed by atoms with E-state index in [1.807, 2.05) is 33.1 Å². The number of imide groups is 1. The van der Waals surface area contributed by atoms with E-state index in [0.717, 1.165) is 16.0 Å². The Bertz CT molecular complexity index is 1380. The van der Waals surface area contributed by atoms with Gasteiger partial charge in [-0.3, -0.25) is 33.7 Å². The molecule has 0 bridgehead atoms.